The molecule has 0 spiro atoms. The van der Waals surface area contributed by atoms with Crippen molar-refractivity contribution in [2.45, 2.75) is 69.7 Å². The fourth-order valence-corrected chi connectivity index (χ4v) is 8.16. The van der Waals surface area contributed by atoms with Crippen LogP contribution in [-0.4, -0.2) is 88.9 Å². The van der Waals surface area contributed by atoms with Crippen molar-refractivity contribution in [2.75, 3.05) is 44.4 Å². The largest absolute Gasteiger partial charge is 0.488 e. The van der Waals surface area contributed by atoms with Gasteiger partial charge in [0.05, 0.1) is 29.8 Å². The van der Waals surface area contributed by atoms with Gasteiger partial charge in [-0.3, -0.25) is 14.3 Å². The van der Waals surface area contributed by atoms with Crippen molar-refractivity contribution < 1.29 is 23.0 Å². The number of amides is 1. The molecule has 0 N–H and O–H groups in total. The van der Waals surface area contributed by atoms with Crippen LogP contribution in [-0.2, 0) is 9.53 Å². The van der Waals surface area contributed by atoms with Crippen molar-refractivity contribution in [1.82, 2.24) is 19.4 Å². The number of hydrogen-bond acceptors (Lipinski definition) is 7. The van der Waals surface area contributed by atoms with Gasteiger partial charge < -0.3 is 19.3 Å². The highest BCUT2D eigenvalue weighted by atomic mass is 35.5. The molecule has 46 heavy (non-hydrogen) atoms. The fraction of sp³-hybridized carbons (Fsp3) is 0.500. The van der Waals surface area contributed by atoms with E-state index in [4.69, 9.17) is 21.1 Å². The van der Waals surface area contributed by atoms with E-state index >= 15 is 4.39 Å². The molecule has 0 saturated carbocycles. The van der Waals surface area contributed by atoms with Crippen LogP contribution in [0.3, 0.4) is 0 Å². The number of fused-ring (bicyclic) bond motifs is 2. The van der Waals surface area contributed by atoms with Gasteiger partial charge >= 0.3 is 5.69 Å². The van der Waals surface area contributed by atoms with Gasteiger partial charge in [-0.1, -0.05) is 18.2 Å². The number of piperazine rings is 1. The summed E-state index contributed by atoms with van der Waals surface area (Å²) < 4.78 is 43.0. The lowest BCUT2D eigenvalue weighted by atomic mass is 9.98. The van der Waals surface area contributed by atoms with E-state index in [1.807, 2.05) is 18.7 Å². The molecule has 3 fully saturated rings. The van der Waals surface area contributed by atoms with Crippen LogP contribution in [0.1, 0.15) is 45.6 Å². The van der Waals surface area contributed by atoms with E-state index in [0.29, 0.717) is 48.3 Å². The van der Waals surface area contributed by atoms with E-state index in [0.717, 1.165) is 45.1 Å². The van der Waals surface area contributed by atoms with Gasteiger partial charge in [-0.2, -0.15) is 4.98 Å². The number of benzene rings is 2. The summed E-state index contributed by atoms with van der Waals surface area (Å²) in [4.78, 5) is 37.5. The molecule has 1 aromatic heterocycles. The molecule has 244 valence electrons. The van der Waals surface area contributed by atoms with Crippen LogP contribution >= 0.6 is 11.6 Å². The molecule has 9 nitrogen and oxygen atoms in total. The van der Waals surface area contributed by atoms with Crippen molar-refractivity contribution in [3.63, 3.8) is 0 Å². The smallest absolute Gasteiger partial charge is 0.350 e. The Balaban J connectivity index is 1.31. The minimum atomic E-state index is -0.781. The van der Waals surface area contributed by atoms with Crippen LogP contribution in [0, 0.1) is 11.6 Å². The summed E-state index contributed by atoms with van der Waals surface area (Å²) in [5.74, 6) is -0.930. The highest BCUT2D eigenvalue weighted by Gasteiger charge is 2.38. The Morgan fingerprint density at radius 2 is 1.87 bits per heavy atom. The van der Waals surface area contributed by atoms with Crippen molar-refractivity contribution >= 4 is 34.2 Å². The lowest BCUT2D eigenvalue weighted by molar-refractivity contribution is -0.128. The Morgan fingerprint density at radius 1 is 1.11 bits per heavy atom. The van der Waals surface area contributed by atoms with Crippen LogP contribution in [0.25, 0.3) is 22.0 Å². The lowest BCUT2D eigenvalue weighted by Gasteiger charge is -2.45. The summed E-state index contributed by atoms with van der Waals surface area (Å²) >= 11 is 6.89. The van der Waals surface area contributed by atoms with Crippen LogP contribution in [0.4, 0.5) is 14.6 Å². The Kier molecular flexibility index (Phi) is 8.27. The Morgan fingerprint density at radius 3 is 2.59 bits per heavy atom. The number of rotatable bonds is 7. The molecule has 5 atom stereocenters. The topological polar surface area (TPSA) is 80.1 Å². The third-order valence-corrected chi connectivity index (χ3v) is 10.4. The van der Waals surface area contributed by atoms with Gasteiger partial charge in [-0.15, -0.1) is 0 Å². The van der Waals surface area contributed by atoms with Crippen molar-refractivity contribution in [3.8, 4) is 16.9 Å². The van der Waals surface area contributed by atoms with Crippen LogP contribution < -0.4 is 15.3 Å². The minimum Gasteiger partial charge on any atom is -0.488 e. The number of ether oxygens (including phenoxy) is 2. The van der Waals surface area contributed by atoms with Crippen LogP contribution in [0.15, 0.2) is 41.7 Å². The van der Waals surface area contributed by atoms with E-state index in [1.54, 1.807) is 15.5 Å². The van der Waals surface area contributed by atoms with E-state index < -0.39 is 17.3 Å². The summed E-state index contributed by atoms with van der Waals surface area (Å²) in [6, 6.07) is 5.27. The Labute approximate surface area is 271 Å². The normalized spacial score (nSPS) is 26.0. The maximum absolute atomic E-state index is 15.2. The zero-order chi connectivity index (χ0) is 32.3. The number of carbonyl (C=O) groups is 1. The first-order chi connectivity index (χ1) is 22.2. The third kappa shape index (κ3) is 5.26. The second-order valence-corrected chi connectivity index (χ2v) is 13.4. The summed E-state index contributed by atoms with van der Waals surface area (Å²) in [5, 5.41) is 0.799. The molecule has 0 aliphatic carbocycles. The monoisotopic (exact) mass is 653 g/mol. The van der Waals surface area contributed by atoms with Gasteiger partial charge in [0, 0.05) is 59.8 Å². The van der Waals surface area contributed by atoms with Crippen molar-refractivity contribution in [3.05, 3.63) is 64.1 Å². The molecule has 3 saturated heterocycles. The molecule has 1 amide bonds. The molecule has 3 aromatic rings. The number of anilines is 1. The van der Waals surface area contributed by atoms with Crippen molar-refractivity contribution in [1.29, 1.82) is 0 Å². The zero-order valence-corrected chi connectivity index (χ0v) is 26.8. The summed E-state index contributed by atoms with van der Waals surface area (Å²) in [7, 11) is 0. The molecule has 0 radical (unpaired) electrons. The molecular formula is C34H38ClF2N5O4. The number of morpholine rings is 1. The quantitative estimate of drug-likeness (QED) is 0.325. The van der Waals surface area contributed by atoms with E-state index in [2.05, 4.69) is 16.5 Å². The maximum Gasteiger partial charge on any atom is 0.350 e. The predicted molar refractivity (Wildman–Crippen MR) is 173 cm³/mol. The van der Waals surface area contributed by atoms with E-state index in [-0.39, 0.29) is 52.5 Å². The minimum absolute atomic E-state index is 0.0837. The van der Waals surface area contributed by atoms with Gasteiger partial charge in [0.15, 0.2) is 5.75 Å². The fourth-order valence-electron chi connectivity index (χ4n) is 7.87. The molecule has 5 heterocycles. The average Bonchev–Trinajstić information content (AvgIpc) is 3.24. The zero-order valence-electron chi connectivity index (χ0n) is 26.1. The molecule has 2 unspecified atom stereocenters. The molecule has 4 aliphatic heterocycles. The number of nitrogens with zero attached hydrogens (tertiary/aromatic N) is 5. The van der Waals surface area contributed by atoms with Gasteiger partial charge in [-0.25, -0.2) is 13.6 Å². The first-order valence-electron chi connectivity index (χ1n) is 16.1. The molecular weight excluding hydrogens is 616 g/mol. The van der Waals surface area contributed by atoms with E-state index in [9.17, 15) is 14.0 Å². The second kappa shape index (κ2) is 12.2. The number of halogens is 3. The SMILES string of the molecule is C=CC(=O)N1C[C@H](C)N(c2nc(=O)n3c4c(c(-c5ccc(F)cc5F)c(Cl)cc24)OC[C@@H]3CCCN2C3CCC2COC3)C[C@H]1C. The van der Waals surface area contributed by atoms with Crippen LogP contribution in [0.2, 0.25) is 5.02 Å². The summed E-state index contributed by atoms with van der Waals surface area (Å²) in [5.41, 5.74) is 0.412. The predicted octanol–water partition coefficient (Wildman–Crippen LogP) is 5.18. The molecule has 2 aromatic carbocycles. The lowest BCUT2D eigenvalue weighted by Crippen LogP contribution is -2.58. The van der Waals surface area contributed by atoms with Gasteiger partial charge in [0.1, 0.15) is 24.1 Å². The van der Waals surface area contributed by atoms with Gasteiger partial charge in [-0.05, 0) is 70.4 Å². The first kappa shape index (κ1) is 31.1. The number of aromatic nitrogens is 2. The highest BCUT2D eigenvalue weighted by molar-refractivity contribution is 6.35. The third-order valence-electron chi connectivity index (χ3n) is 10.1. The molecule has 2 bridgehead atoms. The summed E-state index contributed by atoms with van der Waals surface area (Å²) in [6.07, 6.45) is 5.14. The van der Waals surface area contributed by atoms with Gasteiger partial charge in [0.2, 0.25) is 5.91 Å². The summed E-state index contributed by atoms with van der Waals surface area (Å²) in [6.45, 7) is 11.0. The first-order valence-corrected chi connectivity index (χ1v) is 16.4. The average molecular weight is 654 g/mol. The molecule has 4 aliphatic rings. The van der Waals surface area contributed by atoms with Crippen molar-refractivity contribution in [2.24, 2.45) is 0 Å². The van der Waals surface area contributed by atoms with Crippen LogP contribution in [0.5, 0.6) is 5.75 Å². The Hall–Kier alpha value is -3.54. The Bertz CT molecular complexity index is 1750. The van der Waals surface area contributed by atoms with Gasteiger partial charge in [0.25, 0.3) is 0 Å². The second-order valence-electron chi connectivity index (χ2n) is 13.0. The molecule has 7 rings (SSSR count). The molecule has 12 heteroatoms. The maximum atomic E-state index is 15.2. The number of carbonyl (C=O) groups excluding carboxylic acids is 1. The standard InChI is InChI=1S/C34H38ClF2N5O4/c1-4-29(43)40-14-20(3)41(15-19(40)2)33-26-13-27(35)30(25-10-7-21(36)12-28(25)37)32-31(26)42(34(44)38-33)24(18-46-32)6-5-11-39-22-8-9-23(39)17-45-16-22/h4,7,10,12-13,19-20,22-24H,1,5-6,8-9,11,14-18H2,2-3H3/t19-,20+,22?,23?,24+/m1/s1. The number of hydrogen-bond donors (Lipinski definition) is 0. The highest BCUT2D eigenvalue weighted by Crippen LogP contribution is 2.48. The van der Waals surface area contributed by atoms with E-state index in [1.165, 1.54) is 18.2 Å².